The van der Waals surface area contributed by atoms with Crippen LogP contribution < -0.4 is 19.6 Å². The van der Waals surface area contributed by atoms with Crippen LogP contribution in [-0.2, 0) is 20.8 Å². The van der Waals surface area contributed by atoms with Crippen LogP contribution in [0.3, 0.4) is 0 Å². The molecular weight excluding hydrogens is 574 g/mol. The minimum absolute atomic E-state index is 0.0851. The van der Waals surface area contributed by atoms with Gasteiger partial charge in [0.25, 0.3) is 5.56 Å². The molecule has 1 aliphatic heterocycles. The molecule has 9 heteroatoms. The molecule has 0 amide bonds. The zero-order valence-electron chi connectivity index (χ0n) is 25.1. The third kappa shape index (κ3) is 5.52. The molecule has 0 radical (unpaired) electrons. The Balaban J connectivity index is 1.50. The van der Waals surface area contributed by atoms with Gasteiger partial charge in [-0.3, -0.25) is 9.36 Å². The molecule has 1 aliphatic rings. The van der Waals surface area contributed by atoms with Crippen LogP contribution in [0.25, 0.3) is 17.0 Å². The molecule has 224 valence electrons. The van der Waals surface area contributed by atoms with Crippen molar-refractivity contribution in [3.63, 3.8) is 0 Å². The number of esters is 1. The second-order valence-corrected chi connectivity index (χ2v) is 11.7. The Morgan fingerprint density at radius 2 is 1.80 bits per heavy atom. The van der Waals surface area contributed by atoms with E-state index in [1.165, 1.54) is 22.5 Å². The van der Waals surface area contributed by atoms with Gasteiger partial charge in [0.2, 0.25) is 0 Å². The Kier molecular flexibility index (Phi) is 8.32. The van der Waals surface area contributed by atoms with E-state index in [0.717, 1.165) is 16.5 Å². The number of aromatic nitrogens is 2. The third-order valence-corrected chi connectivity index (χ3v) is 8.72. The average Bonchev–Trinajstić information content (AvgIpc) is 3.52. The first-order valence-electron chi connectivity index (χ1n) is 14.3. The van der Waals surface area contributed by atoms with Crippen LogP contribution in [0.15, 0.2) is 100 Å². The number of thiazole rings is 1. The van der Waals surface area contributed by atoms with Crippen molar-refractivity contribution in [2.75, 3.05) is 27.4 Å². The zero-order valence-corrected chi connectivity index (χ0v) is 25.9. The fraction of sp³-hybridized carbons (Fsp3) is 0.229. The number of ether oxygens (including phenoxy) is 3. The van der Waals surface area contributed by atoms with E-state index < -0.39 is 12.0 Å². The predicted octanol–water partition coefficient (Wildman–Crippen LogP) is 4.74. The molecule has 8 nitrogen and oxygen atoms in total. The third-order valence-electron chi connectivity index (χ3n) is 7.74. The highest BCUT2D eigenvalue weighted by atomic mass is 32.1. The molecule has 2 aromatic heterocycles. The first kappa shape index (κ1) is 29.3. The molecule has 0 spiro atoms. The van der Waals surface area contributed by atoms with E-state index in [4.69, 9.17) is 19.2 Å². The number of nitrogens with zero attached hydrogens (tertiary/aromatic N) is 3. The molecule has 0 aliphatic carbocycles. The SMILES string of the molecule is COCCOC(=O)C1=C(C)N=c2sc(=Cc3cn(Cc4cccc(C)c4)c4ccccc34)c(=O)n2C1c1ccccc1OC. The summed E-state index contributed by atoms with van der Waals surface area (Å²) in [7, 11) is 3.11. The number of carbonyl (C=O) groups is 1. The van der Waals surface area contributed by atoms with E-state index in [1.54, 1.807) is 25.7 Å². The Labute approximate surface area is 258 Å². The Morgan fingerprint density at radius 3 is 2.59 bits per heavy atom. The van der Waals surface area contributed by atoms with Gasteiger partial charge in [0, 0.05) is 41.9 Å². The van der Waals surface area contributed by atoms with Gasteiger partial charge in [0.05, 0.1) is 29.5 Å². The first-order valence-corrected chi connectivity index (χ1v) is 15.2. The Morgan fingerprint density at radius 1 is 1.00 bits per heavy atom. The van der Waals surface area contributed by atoms with E-state index in [0.29, 0.717) is 38.5 Å². The highest BCUT2D eigenvalue weighted by Gasteiger charge is 2.35. The van der Waals surface area contributed by atoms with Gasteiger partial charge >= 0.3 is 5.97 Å². The van der Waals surface area contributed by atoms with Gasteiger partial charge in [0.15, 0.2) is 4.80 Å². The van der Waals surface area contributed by atoms with Gasteiger partial charge in [-0.15, -0.1) is 0 Å². The van der Waals surface area contributed by atoms with E-state index in [2.05, 4.69) is 54.1 Å². The van der Waals surface area contributed by atoms with Crippen molar-refractivity contribution < 1.29 is 19.0 Å². The van der Waals surface area contributed by atoms with Gasteiger partial charge in [0.1, 0.15) is 18.4 Å². The van der Waals surface area contributed by atoms with E-state index in [1.807, 2.05) is 42.5 Å². The summed E-state index contributed by atoms with van der Waals surface area (Å²) in [5.41, 5.74) is 5.64. The summed E-state index contributed by atoms with van der Waals surface area (Å²) in [6.45, 7) is 4.91. The summed E-state index contributed by atoms with van der Waals surface area (Å²) in [6, 6.07) is 23.3. The normalized spacial score (nSPS) is 14.9. The molecule has 44 heavy (non-hydrogen) atoms. The number of hydrogen-bond donors (Lipinski definition) is 0. The van der Waals surface area contributed by atoms with Crippen LogP contribution in [-0.4, -0.2) is 42.5 Å². The maximum atomic E-state index is 14.2. The summed E-state index contributed by atoms with van der Waals surface area (Å²) in [4.78, 5) is 32.9. The largest absolute Gasteiger partial charge is 0.496 e. The molecule has 1 atom stereocenters. The number of methoxy groups -OCH3 is 2. The summed E-state index contributed by atoms with van der Waals surface area (Å²) in [6.07, 6.45) is 4.01. The van der Waals surface area contributed by atoms with Gasteiger partial charge in [-0.05, 0) is 37.6 Å². The lowest BCUT2D eigenvalue weighted by Gasteiger charge is -2.26. The van der Waals surface area contributed by atoms with Gasteiger partial charge in [-0.25, -0.2) is 9.79 Å². The first-order chi connectivity index (χ1) is 21.4. The van der Waals surface area contributed by atoms with Crippen molar-refractivity contribution in [3.05, 3.63) is 132 Å². The molecule has 0 saturated carbocycles. The number of fused-ring (bicyclic) bond motifs is 2. The Hall–Kier alpha value is -4.73. The lowest BCUT2D eigenvalue weighted by Crippen LogP contribution is -2.40. The molecule has 0 N–H and O–H groups in total. The van der Waals surface area contributed by atoms with Gasteiger partial charge in [-0.2, -0.15) is 0 Å². The van der Waals surface area contributed by atoms with E-state index >= 15 is 0 Å². The Bertz CT molecular complexity index is 2090. The van der Waals surface area contributed by atoms with Crippen molar-refractivity contribution in [2.45, 2.75) is 26.4 Å². The quantitative estimate of drug-likeness (QED) is 0.179. The zero-order chi connectivity index (χ0) is 30.8. The number of allylic oxidation sites excluding steroid dienone is 1. The van der Waals surface area contributed by atoms with E-state index in [9.17, 15) is 9.59 Å². The monoisotopic (exact) mass is 607 g/mol. The van der Waals surface area contributed by atoms with Gasteiger partial charge in [-0.1, -0.05) is 77.6 Å². The smallest absolute Gasteiger partial charge is 0.338 e. The lowest BCUT2D eigenvalue weighted by atomic mass is 9.95. The number of aryl methyl sites for hydroxylation is 1. The number of benzene rings is 3. The molecule has 6 rings (SSSR count). The minimum Gasteiger partial charge on any atom is -0.496 e. The number of carbonyl (C=O) groups excluding carboxylic acids is 1. The average molecular weight is 608 g/mol. The molecule has 3 aromatic carbocycles. The van der Waals surface area contributed by atoms with Crippen LogP contribution in [0, 0.1) is 6.92 Å². The summed E-state index contributed by atoms with van der Waals surface area (Å²) in [5, 5.41) is 1.05. The summed E-state index contributed by atoms with van der Waals surface area (Å²) in [5.74, 6) is 0.0101. The highest BCUT2D eigenvalue weighted by Crippen LogP contribution is 2.35. The van der Waals surface area contributed by atoms with Crippen molar-refractivity contribution in [1.82, 2.24) is 9.13 Å². The molecule has 1 unspecified atom stereocenters. The van der Waals surface area contributed by atoms with Crippen LogP contribution in [0.2, 0.25) is 0 Å². The molecule has 0 bridgehead atoms. The van der Waals surface area contributed by atoms with Crippen LogP contribution in [0.5, 0.6) is 5.75 Å². The van der Waals surface area contributed by atoms with E-state index in [-0.39, 0.29) is 18.8 Å². The molecule has 0 fully saturated rings. The van der Waals surface area contributed by atoms with Gasteiger partial charge < -0.3 is 18.8 Å². The van der Waals surface area contributed by atoms with Crippen LogP contribution >= 0.6 is 11.3 Å². The molecule has 5 aromatic rings. The maximum Gasteiger partial charge on any atom is 0.338 e. The highest BCUT2D eigenvalue weighted by molar-refractivity contribution is 7.07. The topological polar surface area (TPSA) is 84.0 Å². The second-order valence-electron chi connectivity index (χ2n) is 10.7. The summed E-state index contributed by atoms with van der Waals surface area (Å²) < 4.78 is 20.6. The summed E-state index contributed by atoms with van der Waals surface area (Å²) >= 11 is 1.30. The van der Waals surface area contributed by atoms with Crippen molar-refractivity contribution in [3.8, 4) is 5.75 Å². The number of para-hydroxylation sites is 2. The van der Waals surface area contributed by atoms with Crippen LogP contribution in [0.4, 0.5) is 0 Å². The second kappa shape index (κ2) is 12.5. The van der Waals surface area contributed by atoms with Crippen molar-refractivity contribution in [2.24, 2.45) is 4.99 Å². The minimum atomic E-state index is -0.776. The fourth-order valence-electron chi connectivity index (χ4n) is 5.73. The standard InChI is InChI=1S/C35H33N3O5S/c1-22-10-9-11-24(18-22)20-37-21-25(26-12-5-7-14-28(26)37)19-30-33(39)38-32(27-13-6-8-15-29(27)42-4)31(23(2)36-35(38)44-30)34(40)43-17-16-41-3/h5-15,18-19,21,32H,16-17,20H2,1-4H3. The number of rotatable bonds is 9. The predicted molar refractivity (Wildman–Crippen MR) is 172 cm³/mol. The number of hydrogen-bond acceptors (Lipinski definition) is 7. The maximum absolute atomic E-state index is 14.2. The molecule has 3 heterocycles. The van der Waals surface area contributed by atoms with Crippen molar-refractivity contribution in [1.29, 1.82) is 0 Å². The molecular formula is C35H33N3O5S. The lowest BCUT2D eigenvalue weighted by molar-refractivity contribution is -0.140. The van der Waals surface area contributed by atoms with Crippen LogP contribution in [0.1, 0.15) is 35.2 Å². The van der Waals surface area contributed by atoms with Crippen molar-refractivity contribution >= 4 is 34.3 Å². The fourth-order valence-corrected chi connectivity index (χ4v) is 6.77. The molecule has 0 saturated heterocycles.